The summed E-state index contributed by atoms with van der Waals surface area (Å²) >= 11 is 5.91. The second-order valence-corrected chi connectivity index (χ2v) is 10.2. The van der Waals surface area contributed by atoms with Crippen molar-refractivity contribution in [3.63, 3.8) is 0 Å². The fourth-order valence-electron chi connectivity index (χ4n) is 2.10. The lowest BCUT2D eigenvalue weighted by Gasteiger charge is -2.23. The van der Waals surface area contributed by atoms with Gasteiger partial charge in [-0.15, -0.1) is 0 Å². The monoisotopic (exact) mass is 260 g/mol. The molecule has 0 unspecified atom stereocenters. The summed E-state index contributed by atoms with van der Waals surface area (Å²) in [6, 6.07) is 20.2. The first-order valence-electron chi connectivity index (χ1n) is 5.88. The number of hydrogen-bond donors (Lipinski definition) is 0. The van der Waals surface area contributed by atoms with Crippen LogP contribution in [0.2, 0.25) is 18.1 Å². The molecule has 0 aliphatic carbocycles. The normalized spacial score (nSPS) is 11.5. The molecule has 2 aromatic rings. The molecule has 0 N–H and O–H groups in total. The van der Waals surface area contributed by atoms with Gasteiger partial charge in [-0.25, -0.2) is 0 Å². The van der Waals surface area contributed by atoms with E-state index in [0.29, 0.717) is 0 Å². The minimum Gasteiger partial charge on any atom is -0.0843 e. The molecule has 0 aliphatic heterocycles. The van der Waals surface area contributed by atoms with Gasteiger partial charge in [0.1, 0.15) is 0 Å². The molecule has 88 valence electrons. The van der Waals surface area contributed by atoms with Gasteiger partial charge in [0, 0.05) is 5.02 Å². The van der Waals surface area contributed by atoms with Gasteiger partial charge in [-0.05, 0) is 18.2 Å². The maximum atomic E-state index is 5.91. The summed E-state index contributed by atoms with van der Waals surface area (Å²) in [6.07, 6.45) is 0. The molecular weight excluding hydrogens is 244 g/mol. The molecule has 0 heterocycles. The third kappa shape index (κ3) is 3.21. The molecule has 0 atom stereocenters. The van der Waals surface area contributed by atoms with Gasteiger partial charge in [0.05, 0.1) is 8.07 Å². The maximum absolute atomic E-state index is 5.91. The average Bonchev–Trinajstić information content (AvgIpc) is 2.33. The van der Waals surface area contributed by atoms with Gasteiger partial charge >= 0.3 is 0 Å². The lowest BCUT2D eigenvalue weighted by atomic mass is 10.2. The van der Waals surface area contributed by atoms with E-state index in [1.54, 1.807) is 0 Å². The van der Waals surface area contributed by atoms with Gasteiger partial charge < -0.3 is 0 Å². The second kappa shape index (κ2) is 5.07. The highest BCUT2D eigenvalue weighted by Crippen LogP contribution is 2.15. The Morgan fingerprint density at radius 2 is 1.47 bits per heavy atom. The molecule has 2 aromatic carbocycles. The molecule has 17 heavy (non-hydrogen) atoms. The van der Waals surface area contributed by atoms with Crippen molar-refractivity contribution in [2.45, 2.75) is 19.1 Å². The fourth-order valence-corrected chi connectivity index (χ4v) is 4.79. The number of benzene rings is 2. The second-order valence-electron chi connectivity index (χ2n) is 5.05. The Balaban J connectivity index is 2.20. The van der Waals surface area contributed by atoms with Gasteiger partial charge in [-0.3, -0.25) is 0 Å². The summed E-state index contributed by atoms with van der Waals surface area (Å²) < 4.78 is 0. The van der Waals surface area contributed by atoms with E-state index in [9.17, 15) is 0 Å². The molecule has 0 bridgehead atoms. The molecule has 0 saturated heterocycles. The Bertz CT molecular complexity index is 474. The standard InChI is InChI=1S/C15H17ClSi/c1-17(2,15-6-4-3-5-7-15)12-13-8-10-14(16)11-9-13/h3-11H,12H2,1-2H3. The van der Waals surface area contributed by atoms with Gasteiger partial charge in [0.2, 0.25) is 0 Å². The average molecular weight is 261 g/mol. The minimum atomic E-state index is -1.38. The molecule has 0 spiro atoms. The highest BCUT2D eigenvalue weighted by Gasteiger charge is 2.23. The number of halogens is 1. The van der Waals surface area contributed by atoms with Crippen LogP contribution in [0.1, 0.15) is 5.56 Å². The van der Waals surface area contributed by atoms with E-state index in [0.717, 1.165) is 11.1 Å². The van der Waals surface area contributed by atoms with Crippen molar-refractivity contribution in [3.8, 4) is 0 Å². The lowest BCUT2D eigenvalue weighted by molar-refractivity contribution is 1.32. The van der Waals surface area contributed by atoms with Crippen molar-refractivity contribution >= 4 is 24.9 Å². The smallest absolute Gasteiger partial charge is 0.0843 e. The molecule has 0 saturated carbocycles. The van der Waals surface area contributed by atoms with Gasteiger partial charge in [0.25, 0.3) is 0 Å². The fraction of sp³-hybridized carbons (Fsp3) is 0.200. The summed E-state index contributed by atoms with van der Waals surface area (Å²) in [5, 5.41) is 2.32. The Morgan fingerprint density at radius 1 is 0.882 bits per heavy atom. The zero-order valence-corrected chi connectivity index (χ0v) is 12.0. The van der Waals surface area contributed by atoms with Crippen LogP contribution in [0, 0.1) is 0 Å². The Hall–Kier alpha value is -1.05. The van der Waals surface area contributed by atoms with Crippen LogP contribution < -0.4 is 5.19 Å². The van der Waals surface area contributed by atoms with Crippen molar-refractivity contribution in [1.29, 1.82) is 0 Å². The van der Waals surface area contributed by atoms with Crippen molar-refractivity contribution in [1.82, 2.24) is 0 Å². The van der Waals surface area contributed by atoms with Gasteiger partial charge in [-0.2, -0.15) is 0 Å². The van der Waals surface area contributed by atoms with Crippen LogP contribution in [0.5, 0.6) is 0 Å². The zero-order chi connectivity index (χ0) is 12.3. The molecule has 0 aromatic heterocycles. The first-order chi connectivity index (χ1) is 8.08. The SMILES string of the molecule is C[Si](C)(Cc1ccc(Cl)cc1)c1ccccc1. The largest absolute Gasteiger partial charge is 0.0849 e. The Kier molecular flexibility index (Phi) is 3.70. The predicted octanol–water partition coefficient (Wildman–Crippen LogP) is 4.04. The first-order valence-corrected chi connectivity index (χ1v) is 9.46. The molecule has 0 nitrogen and oxygen atoms in total. The predicted molar refractivity (Wildman–Crippen MR) is 78.7 cm³/mol. The van der Waals surface area contributed by atoms with Gasteiger partial charge in [-0.1, -0.05) is 77.9 Å². The topological polar surface area (TPSA) is 0 Å². The molecule has 0 radical (unpaired) electrons. The van der Waals surface area contributed by atoms with E-state index in [-0.39, 0.29) is 0 Å². The number of rotatable bonds is 3. The Labute approximate surface area is 109 Å². The number of hydrogen-bond acceptors (Lipinski definition) is 0. The van der Waals surface area contributed by atoms with E-state index < -0.39 is 8.07 Å². The lowest BCUT2D eigenvalue weighted by Crippen LogP contribution is -2.43. The molecule has 0 fully saturated rings. The van der Waals surface area contributed by atoms with Crippen molar-refractivity contribution in [2.75, 3.05) is 0 Å². The van der Waals surface area contributed by atoms with Crippen LogP contribution in [0.4, 0.5) is 0 Å². The van der Waals surface area contributed by atoms with Crippen LogP contribution in [-0.2, 0) is 6.04 Å². The summed E-state index contributed by atoms with van der Waals surface area (Å²) in [4.78, 5) is 0. The third-order valence-corrected chi connectivity index (χ3v) is 6.55. The Morgan fingerprint density at radius 3 is 2.06 bits per heavy atom. The summed E-state index contributed by atoms with van der Waals surface area (Å²) in [6.45, 7) is 4.83. The summed E-state index contributed by atoms with van der Waals surface area (Å²) in [7, 11) is -1.38. The van der Waals surface area contributed by atoms with Crippen molar-refractivity contribution in [2.24, 2.45) is 0 Å². The van der Waals surface area contributed by atoms with Crippen LogP contribution in [0.15, 0.2) is 54.6 Å². The molecule has 2 heteroatoms. The minimum absolute atomic E-state index is 0.813. The molecule has 0 aliphatic rings. The van der Waals surface area contributed by atoms with E-state index >= 15 is 0 Å². The zero-order valence-electron chi connectivity index (χ0n) is 10.3. The van der Waals surface area contributed by atoms with E-state index in [4.69, 9.17) is 11.6 Å². The maximum Gasteiger partial charge on any atom is 0.0849 e. The van der Waals surface area contributed by atoms with E-state index in [1.807, 2.05) is 12.1 Å². The molecular formula is C15H17ClSi. The highest BCUT2D eigenvalue weighted by atomic mass is 35.5. The summed E-state index contributed by atoms with van der Waals surface area (Å²) in [5.74, 6) is 0. The van der Waals surface area contributed by atoms with Crippen LogP contribution >= 0.6 is 11.6 Å². The highest BCUT2D eigenvalue weighted by molar-refractivity contribution is 6.89. The van der Waals surface area contributed by atoms with E-state index in [1.165, 1.54) is 10.8 Å². The summed E-state index contributed by atoms with van der Waals surface area (Å²) in [5.41, 5.74) is 1.38. The van der Waals surface area contributed by atoms with Crippen LogP contribution in [0.25, 0.3) is 0 Å². The third-order valence-electron chi connectivity index (χ3n) is 3.11. The van der Waals surface area contributed by atoms with E-state index in [2.05, 4.69) is 55.6 Å². The van der Waals surface area contributed by atoms with Crippen molar-refractivity contribution < 1.29 is 0 Å². The van der Waals surface area contributed by atoms with Crippen LogP contribution in [0.3, 0.4) is 0 Å². The quantitative estimate of drug-likeness (QED) is 0.731. The van der Waals surface area contributed by atoms with Crippen molar-refractivity contribution in [3.05, 3.63) is 65.2 Å². The molecule has 0 amide bonds. The van der Waals surface area contributed by atoms with Gasteiger partial charge in [0.15, 0.2) is 0 Å². The molecule has 2 rings (SSSR count). The van der Waals surface area contributed by atoms with Crippen LogP contribution in [-0.4, -0.2) is 8.07 Å². The first kappa shape index (κ1) is 12.4.